The number of hydrogen-bond acceptors (Lipinski definition) is 4. The number of anilines is 1. The van der Waals surface area contributed by atoms with Crippen molar-refractivity contribution < 1.29 is 9.90 Å². The van der Waals surface area contributed by atoms with E-state index in [0.29, 0.717) is 33.6 Å². The number of rotatable bonds is 4. The summed E-state index contributed by atoms with van der Waals surface area (Å²) in [5, 5.41) is 9.95. The van der Waals surface area contributed by atoms with E-state index < -0.39 is 5.97 Å². The number of nitrogen functional groups attached to an aromatic ring is 1. The average molecular weight is 276 g/mol. The topological polar surface area (TPSA) is 76.2 Å². The first kappa shape index (κ1) is 13.5. The number of aromatic nitrogens is 1. The molecule has 19 heavy (non-hydrogen) atoms. The van der Waals surface area contributed by atoms with Crippen LogP contribution in [0, 0.1) is 5.92 Å². The molecular formula is C14H16N2O2S. The second-order valence-corrected chi connectivity index (χ2v) is 5.82. The Morgan fingerprint density at radius 3 is 2.79 bits per heavy atom. The zero-order valence-electron chi connectivity index (χ0n) is 10.9. The third-order valence-electron chi connectivity index (χ3n) is 2.63. The monoisotopic (exact) mass is 276 g/mol. The van der Waals surface area contributed by atoms with Crippen LogP contribution in [0.1, 0.15) is 29.2 Å². The molecule has 4 nitrogen and oxygen atoms in total. The summed E-state index contributed by atoms with van der Waals surface area (Å²) >= 11 is 1.21. The summed E-state index contributed by atoms with van der Waals surface area (Å²) in [5.41, 5.74) is 7.91. The minimum atomic E-state index is -0.914. The van der Waals surface area contributed by atoms with E-state index in [-0.39, 0.29) is 0 Å². The molecule has 1 aromatic heterocycles. The summed E-state index contributed by atoms with van der Waals surface area (Å²) < 4.78 is 0. The second kappa shape index (κ2) is 5.40. The lowest BCUT2D eigenvalue weighted by atomic mass is 10.1. The van der Waals surface area contributed by atoms with Crippen LogP contribution in [0.3, 0.4) is 0 Å². The van der Waals surface area contributed by atoms with Crippen molar-refractivity contribution in [2.75, 3.05) is 5.73 Å². The highest BCUT2D eigenvalue weighted by Crippen LogP contribution is 2.30. The average Bonchev–Trinajstić information content (AvgIpc) is 2.72. The van der Waals surface area contributed by atoms with Crippen molar-refractivity contribution in [2.24, 2.45) is 5.92 Å². The molecule has 0 saturated carbocycles. The summed E-state index contributed by atoms with van der Waals surface area (Å²) in [5.74, 6) is -0.544. The summed E-state index contributed by atoms with van der Waals surface area (Å²) in [6, 6.07) is 7.34. The third kappa shape index (κ3) is 3.12. The van der Waals surface area contributed by atoms with Gasteiger partial charge in [-0.1, -0.05) is 26.0 Å². The van der Waals surface area contributed by atoms with E-state index in [2.05, 4.69) is 4.98 Å². The Hall–Kier alpha value is -1.88. The number of benzene rings is 1. The Bertz CT molecular complexity index is 605. The van der Waals surface area contributed by atoms with E-state index in [0.717, 1.165) is 5.56 Å². The smallest absolute Gasteiger partial charge is 0.347 e. The van der Waals surface area contributed by atoms with E-state index in [1.165, 1.54) is 11.3 Å². The van der Waals surface area contributed by atoms with Crippen LogP contribution in [0.5, 0.6) is 0 Å². The highest BCUT2D eigenvalue weighted by Gasteiger charge is 2.18. The predicted molar refractivity (Wildman–Crippen MR) is 77.5 cm³/mol. The van der Waals surface area contributed by atoms with E-state index in [4.69, 9.17) is 5.73 Å². The molecule has 100 valence electrons. The second-order valence-electron chi connectivity index (χ2n) is 4.82. The van der Waals surface area contributed by atoms with Gasteiger partial charge >= 0.3 is 5.97 Å². The maximum absolute atomic E-state index is 11.3. The van der Waals surface area contributed by atoms with Gasteiger partial charge in [-0.25, -0.2) is 9.78 Å². The highest BCUT2D eigenvalue weighted by atomic mass is 32.1. The van der Waals surface area contributed by atoms with Crippen molar-refractivity contribution in [1.29, 1.82) is 0 Å². The Balaban J connectivity index is 2.45. The Labute approximate surface area is 115 Å². The molecule has 5 heteroatoms. The zero-order chi connectivity index (χ0) is 14.0. The molecule has 0 saturated heterocycles. The molecule has 2 aromatic rings. The van der Waals surface area contributed by atoms with Crippen LogP contribution in [-0.4, -0.2) is 16.1 Å². The SMILES string of the molecule is CC(C)Cc1nc(-c2cccc(N)c2)sc1C(=O)O. The van der Waals surface area contributed by atoms with Gasteiger partial charge in [0, 0.05) is 11.3 Å². The van der Waals surface area contributed by atoms with Gasteiger partial charge in [0.25, 0.3) is 0 Å². The normalized spacial score (nSPS) is 10.9. The van der Waals surface area contributed by atoms with E-state index in [1.54, 1.807) is 6.07 Å². The number of carboxylic acids is 1. The highest BCUT2D eigenvalue weighted by molar-refractivity contribution is 7.17. The number of carboxylic acid groups (broad SMARTS) is 1. The van der Waals surface area contributed by atoms with Gasteiger partial charge in [-0.15, -0.1) is 11.3 Å². The largest absolute Gasteiger partial charge is 0.477 e. The van der Waals surface area contributed by atoms with Crippen molar-refractivity contribution in [3.05, 3.63) is 34.8 Å². The molecule has 2 rings (SSSR count). The van der Waals surface area contributed by atoms with Gasteiger partial charge in [0.05, 0.1) is 5.69 Å². The minimum absolute atomic E-state index is 0.325. The molecule has 0 aliphatic heterocycles. The number of thiazole rings is 1. The van der Waals surface area contributed by atoms with E-state index in [1.807, 2.05) is 32.0 Å². The molecule has 0 spiro atoms. The first-order valence-electron chi connectivity index (χ1n) is 6.06. The lowest BCUT2D eigenvalue weighted by molar-refractivity contribution is 0.0700. The molecule has 1 heterocycles. The molecule has 0 aliphatic carbocycles. The number of hydrogen-bond donors (Lipinski definition) is 2. The molecule has 3 N–H and O–H groups in total. The van der Waals surface area contributed by atoms with Crippen LogP contribution < -0.4 is 5.73 Å². The summed E-state index contributed by atoms with van der Waals surface area (Å²) in [7, 11) is 0. The van der Waals surface area contributed by atoms with E-state index in [9.17, 15) is 9.90 Å². The standard InChI is InChI=1S/C14H16N2O2S/c1-8(2)6-11-12(14(17)18)19-13(16-11)9-4-3-5-10(15)7-9/h3-5,7-8H,6,15H2,1-2H3,(H,17,18). The molecule has 0 aliphatic rings. The van der Waals surface area contributed by atoms with Gasteiger partial charge in [0.1, 0.15) is 9.88 Å². The van der Waals surface area contributed by atoms with Crippen LogP contribution in [0.25, 0.3) is 10.6 Å². The van der Waals surface area contributed by atoms with Crippen LogP contribution in [-0.2, 0) is 6.42 Å². The molecule has 0 bridgehead atoms. The van der Waals surface area contributed by atoms with Crippen molar-refractivity contribution in [1.82, 2.24) is 4.98 Å². The lowest BCUT2D eigenvalue weighted by Gasteiger charge is -2.01. The molecule has 0 fully saturated rings. The lowest BCUT2D eigenvalue weighted by Crippen LogP contribution is -2.02. The molecule has 0 radical (unpaired) electrons. The van der Waals surface area contributed by atoms with Gasteiger partial charge in [-0.05, 0) is 24.5 Å². The maximum atomic E-state index is 11.3. The van der Waals surface area contributed by atoms with Gasteiger partial charge < -0.3 is 10.8 Å². The van der Waals surface area contributed by atoms with Crippen molar-refractivity contribution in [3.63, 3.8) is 0 Å². The first-order valence-corrected chi connectivity index (χ1v) is 6.88. The van der Waals surface area contributed by atoms with Crippen molar-refractivity contribution >= 4 is 23.0 Å². The van der Waals surface area contributed by atoms with Crippen molar-refractivity contribution in [3.8, 4) is 10.6 Å². The number of carbonyl (C=O) groups is 1. The Morgan fingerprint density at radius 1 is 1.47 bits per heavy atom. The fourth-order valence-electron chi connectivity index (χ4n) is 1.84. The van der Waals surface area contributed by atoms with Gasteiger partial charge in [-0.3, -0.25) is 0 Å². The van der Waals surface area contributed by atoms with Gasteiger partial charge in [0.2, 0.25) is 0 Å². The molecular weight excluding hydrogens is 260 g/mol. The van der Waals surface area contributed by atoms with Gasteiger partial charge in [-0.2, -0.15) is 0 Å². The number of aromatic carboxylic acids is 1. The minimum Gasteiger partial charge on any atom is -0.477 e. The van der Waals surface area contributed by atoms with Crippen LogP contribution in [0.2, 0.25) is 0 Å². The first-order chi connectivity index (χ1) is 8.97. The molecule has 0 unspecified atom stereocenters. The fraction of sp³-hybridized carbons (Fsp3) is 0.286. The Kier molecular flexibility index (Phi) is 3.85. The maximum Gasteiger partial charge on any atom is 0.347 e. The van der Waals surface area contributed by atoms with Gasteiger partial charge in [0.15, 0.2) is 0 Å². The molecule has 0 atom stereocenters. The van der Waals surface area contributed by atoms with Crippen LogP contribution in [0.4, 0.5) is 5.69 Å². The molecule has 0 amide bonds. The number of nitrogens with zero attached hydrogens (tertiary/aromatic N) is 1. The number of nitrogens with two attached hydrogens (primary N) is 1. The quantitative estimate of drug-likeness (QED) is 0.840. The summed E-state index contributed by atoms with van der Waals surface area (Å²) in [6.07, 6.45) is 0.667. The van der Waals surface area contributed by atoms with Crippen LogP contribution >= 0.6 is 11.3 Å². The summed E-state index contributed by atoms with van der Waals surface area (Å²) in [6.45, 7) is 4.09. The summed E-state index contributed by atoms with van der Waals surface area (Å²) in [4.78, 5) is 16.1. The predicted octanol–water partition coefficient (Wildman–Crippen LogP) is 3.29. The third-order valence-corrected chi connectivity index (χ3v) is 3.76. The van der Waals surface area contributed by atoms with E-state index >= 15 is 0 Å². The fourth-order valence-corrected chi connectivity index (χ4v) is 2.77. The van der Waals surface area contributed by atoms with Crippen LogP contribution in [0.15, 0.2) is 24.3 Å². The molecule has 1 aromatic carbocycles. The Morgan fingerprint density at radius 2 is 2.21 bits per heavy atom. The zero-order valence-corrected chi connectivity index (χ0v) is 11.7. The van der Waals surface area contributed by atoms with Crippen molar-refractivity contribution in [2.45, 2.75) is 20.3 Å².